The molecular formula is C13H14ClN3S. The first-order valence-corrected chi connectivity index (χ1v) is 7.24. The Morgan fingerprint density at radius 2 is 2.33 bits per heavy atom. The second kappa shape index (κ2) is 4.96. The van der Waals surface area contributed by atoms with E-state index in [1.54, 1.807) is 6.07 Å². The van der Waals surface area contributed by atoms with Crippen molar-refractivity contribution in [1.29, 1.82) is 0 Å². The summed E-state index contributed by atoms with van der Waals surface area (Å²) in [4.78, 5) is 12.6. The lowest BCUT2D eigenvalue weighted by atomic mass is 10.1. The van der Waals surface area contributed by atoms with Crippen molar-refractivity contribution in [2.24, 2.45) is 0 Å². The predicted octanol–water partition coefficient (Wildman–Crippen LogP) is 3.06. The molecule has 0 atom stereocenters. The molecule has 18 heavy (non-hydrogen) atoms. The van der Waals surface area contributed by atoms with Crippen LogP contribution in [-0.4, -0.2) is 21.4 Å². The van der Waals surface area contributed by atoms with E-state index in [1.165, 1.54) is 10.4 Å². The minimum atomic E-state index is 0.533. The predicted molar refractivity (Wildman–Crippen MR) is 73.9 cm³/mol. The smallest absolute Gasteiger partial charge is 0.144 e. The first-order valence-electron chi connectivity index (χ1n) is 5.98. The summed E-state index contributed by atoms with van der Waals surface area (Å²) in [6, 6.07) is 4.01. The molecule has 3 nitrogen and oxygen atoms in total. The molecule has 1 aliphatic rings. The number of hydrogen-bond donors (Lipinski definition) is 0. The lowest BCUT2D eigenvalue weighted by molar-refractivity contribution is 0.241. The van der Waals surface area contributed by atoms with Gasteiger partial charge in [-0.15, -0.1) is 11.3 Å². The van der Waals surface area contributed by atoms with Crippen molar-refractivity contribution in [3.63, 3.8) is 0 Å². The van der Waals surface area contributed by atoms with Gasteiger partial charge in [0.2, 0.25) is 0 Å². The van der Waals surface area contributed by atoms with Gasteiger partial charge < -0.3 is 0 Å². The van der Waals surface area contributed by atoms with Crippen LogP contribution in [0, 0.1) is 6.92 Å². The van der Waals surface area contributed by atoms with Crippen LogP contribution in [0.4, 0.5) is 0 Å². The maximum absolute atomic E-state index is 5.96. The van der Waals surface area contributed by atoms with E-state index in [1.807, 2.05) is 18.3 Å². The van der Waals surface area contributed by atoms with Gasteiger partial charge in [0.25, 0.3) is 0 Å². The minimum Gasteiger partial charge on any atom is -0.291 e. The van der Waals surface area contributed by atoms with Crippen LogP contribution in [0.2, 0.25) is 5.15 Å². The average Bonchev–Trinajstić information content (AvgIpc) is 2.74. The Morgan fingerprint density at radius 3 is 3.17 bits per heavy atom. The molecule has 0 aliphatic carbocycles. The molecule has 0 aromatic carbocycles. The number of aromatic nitrogens is 2. The van der Waals surface area contributed by atoms with E-state index in [2.05, 4.69) is 26.3 Å². The quantitative estimate of drug-likeness (QED) is 0.791. The van der Waals surface area contributed by atoms with Crippen LogP contribution >= 0.6 is 22.9 Å². The molecule has 0 amide bonds. The molecule has 0 radical (unpaired) electrons. The van der Waals surface area contributed by atoms with Gasteiger partial charge in [0, 0.05) is 23.7 Å². The van der Waals surface area contributed by atoms with Gasteiger partial charge in [-0.05, 0) is 36.4 Å². The van der Waals surface area contributed by atoms with Crippen LogP contribution in [0.15, 0.2) is 17.5 Å². The second-order valence-electron chi connectivity index (χ2n) is 4.58. The zero-order valence-corrected chi connectivity index (χ0v) is 11.8. The molecule has 0 N–H and O–H groups in total. The molecule has 0 bridgehead atoms. The van der Waals surface area contributed by atoms with E-state index in [0.29, 0.717) is 5.15 Å². The highest BCUT2D eigenvalue weighted by Gasteiger charge is 2.18. The van der Waals surface area contributed by atoms with Gasteiger partial charge in [-0.1, -0.05) is 11.6 Å². The average molecular weight is 280 g/mol. The Labute approximate surface area is 115 Å². The van der Waals surface area contributed by atoms with Crippen LogP contribution in [-0.2, 0) is 19.5 Å². The summed E-state index contributed by atoms with van der Waals surface area (Å²) >= 11 is 7.82. The summed E-state index contributed by atoms with van der Waals surface area (Å²) in [7, 11) is 0. The fraction of sp³-hybridized carbons (Fsp3) is 0.385. The van der Waals surface area contributed by atoms with Gasteiger partial charge in [0.1, 0.15) is 11.0 Å². The van der Waals surface area contributed by atoms with Gasteiger partial charge >= 0.3 is 0 Å². The zero-order chi connectivity index (χ0) is 12.5. The van der Waals surface area contributed by atoms with Crippen molar-refractivity contribution in [3.05, 3.63) is 44.6 Å². The Kier molecular flexibility index (Phi) is 3.33. The van der Waals surface area contributed by atoms with Gasteiger partial charge in [0.05, 0.1) is 6.54 Å². The largest absolute Gasteiger partial charge is 0.291 e. The summed E-state index contributed by atoms with van der Waals surface area (Å²) in [5.41, 5.74) is 2.38. The van der Waals surface area contributed by atoms with Crippen molar-refractivity contribution in [2.75, 3.05) is 6.54 Å². The fourth-order valence-corrected chi connectivity index (χ4v) is 3.45. The molecule has 2 aromatic heterocycles. The third-order valence-electron chi connectivity index (χ3n) is 3.12. The molecule has 3 heterocycles. The number of halogens is 1. The van der Waals surface area contributed by atoms with Crippen molar-refractivity contribution in [3.8, 4) is 0 Å². The number of rotatable bonds is 2. The SMILES string of the molecule is Cc1cc(Cl)nc(CN2CCc3sccc3C2)n1. The number of hydrogen-bond acceptors (Lipinski definition) is 4. The standard InChI is InChI=1S/C13H14ClN3S/c1-9-6-12(14)16-13(15-9)8-17-4-2-11-10(7-17)3-5-18-11/h3,5-6H,2,4,7-8H2,1H3. The van der Waals surface area contributed by atoms with E-state index < -0.39 is 0 Å². The van der Waals surface area contributed by atoms with Crippen molar-refractivity contribution < 1.29 is 0 Å². The highest BCUT2D eigenvalue weighted by molar-refractivity contribution is 7.10. The fourth-order valence-electron chi connectivity index (χ4n) is 2.30. The molecule has 3 rings (SSSR count). The Morgan fingerprint density at radius 1 is 1.44 bits per heavy atom. The highest BCUT2D eigenvalue weighted by atomic mass is 35.5. The van der Waals surface area contributed by atoms with Crippen molar-refractivity contribution in [2.45, 2.75) is 26.4 Å². The van der Waals surface area contributed by atoms with Crippen LogP contribution in [0.5, 0.6) is 0 Å². The van der Waals surface area contributed by atoms with E-state index in [0.717, 1.165) is 37.6 Å². The molecule has 1 aliphatic heterocycles. The van der Waals surface area contributed by atoms with Gasteiger partial charge in [-0.2, -0.15) is 0 Å². The van der Waals surface area contributed by atoms with E-state index in [-0.39, 0.29) is 0 Å². The Balaban J connectivity index is 1.74. The minimum absolute atomic E-state index is 0.533. The number of fused-ring (bicyclic) bond motifs is 1. The third-order valence-corrected chi connectivity index (χ3v) is 4.34. The first-order chi connectivity index (χ1) is 8.70. The molecule has 0 fully saturated rings. The zero-order valence-electron chi connectivity index (χ0n) is 10.2. The van der Waals surface area contributed by atoms with E-state index in [4.69, 9.17) is 11.6 Å². The van der Waals surface area contributed by atoms with Crippen molar-refractivity contribution in [1.82, 2.24) is 14.9 Å². The highest BCUT2D eigenvalue weighted by Crippen LogP contribution is 2.24. The monoisotopic (exact) mass is 279 g/mol. The van der Waals surface area contributed by atoms with Crippen LogP contribution in [0.3, 0.4) is 0 Å². The normalized spacial score (nSPS) is 15.7. The van der Waals surface area contributed by atoms with Crippen LogP contribution < -0.4 is 0 Å². The first kappa shape index (κ1) is 12.1. The lowest BCUT2D eigenvalue weighted by Gasteiger charge is -2.26. The summed E-state index contributed by atoms with van der Waals surface area (Å²) < 4.78 is 0. The lowest BCUT2D eigenvalue weighted by Crippen LogP contribution is -2.29. The van der Waals surface area contributed by atoms with E-state index in [9.17, 15) is 0 Å². The summed E-state index contributed by atoms with van der Waals surface area (Å²) in [5, 5.41) is 2.71. The Bertz CT molecular complexity index is 547. The van der Waals surface area contributed by atoms with Crippen LogP contribution in [0.25, 0.3) is 0 Å². The molecular weight excluding hydrogens is 266 g/mol. The maximum Gasteiger partial charge on any atom is 0.144 e. The molecule has 0 spiro atoms. The summed E-state index contributed by atoms with van der Waals surface area (Å²) in [5.74, 6) is 0.818. The summed E-state index contributed by atoms with van der Waals surface area (Å²) in [6.07, 6.45) is 1.13. The molecule has 2 aromatic rings. The van der Waals surface area contributed by atoms with Gasteiger partial charge in [-0.25, -0.2) is 9.97 Å². The van der Waals surface area contributed by atoms with Gasteiger partial charge in [0.15, 0.2) is 0 Å². The summed E-state index contributed by atoms with van der Waals surface area (Å²) in [6.45, 7) is 4.79. The second-order valence-corrected chi connectivity index (χ2v) is 5.97. The van der Waals surface area contributed by atoms with Gasteiger partial charge in [-0.3, -0.25) is 4.90 Å². The number of thiophene rings is 1. The molecule has 94 valence electrons. The Hall–Kier alpha value is -0.970. The van der Waals surface area contributed by atoms with E-state index >= 15 is 0 Å². The van der Waals surface area contributed by atoms with Crippen molar-refractivity contribution >= 4 is 22.9 Å². The maximum atomic E-state index is 5.96. The molecule has 0 saturated carbocycles. The topological polar surface area (TPSA) is 29.0 Å². The van der Waals surface area contributed by atoms with Crippen LogP contribution in [0.1, 0.15) is 22.0 Å². The number of nitrogens with zero attached hydrogens (tertiary/aromatic N) is 3. The molecule has 0 unspecified atom stereocenters. The molecule has 5 heteroatoms. The third kappa shape index (κ3) is 2.55. The molecule has 0 saturated heterocycles. The number of aryl methyl sites for hydroxylation is 1.